The fraction of sp³-hybridized carbons (Fsp3) is 0.105. The summed E-state index contributed by atoms with van der Waals surface area (Å²) in [6.45, 7) is 2.69. The number of epoxide rings is 1. The third kappa shape index (κ3) is 5.39. The molecule has 25 heavy (non-hydrogen) atoms. The molecule has 3 rings (SSSR count). The van der Waals surface area contributed by atoms with Crippen LogP contribution in [0.5, 0.6) is 5.75 Å². The van der Waals surface area contributed by atoms with Crippen LogP contribution in [-0.4, -0.2) is 16.7 Å². The molecule has 0 saturated carbocycles. The second-order valence-electron chi connectivity index (χ2n) is 5.61. The van der Waals surface area contributed by atoms with E-state index in [0.717, 1.165) is 28.3 Å². The molecule has 0 aliphatic carbocycles. The number of ether oxygens (including phenoxy) is 1. The van der Waals surface area contributed by atoms with Crippen molar-refractivity contribution < 1.29 is 17.0 Å². The monoisotopic (exact) mass is 359 g/mol. The van der Waals surface area contributed by atoms with Crippen LogP contribution in [0.3, 0.4) is 0 Å². The average molecular weight is 359 g/mol. The van der Waals surface area contributed by atoms with Gasteiger partial charge < -0.3 is 14.2 Å². The fourth-order valence-corrected chi connectivity index (χ4v) is 2.59. The first-order valence-electron chi connectivity index (χ1n) is 7.63. The maximum Gasteiger partial charge on any atom is 0.279 e. The van der Waals surface area contributed by atoms with Crippen LogP contribution >= 0.6 is 0 Å². The second kappa shape index (κ2) is 7.03. The van der Waals surface area contributed by atoms with Gasteiger partial charge in [0.2, 0.25) is 0 Å². The van der Waals surface area contributed by atoms with Crippen LogP contribution < -0.4 is 9.50 Å². The quantitative estimate of drug-likeness (QED) is 0.359. The van der Waals surface area contributed by atoms with Gasteiger partial charge in [0.1, 0.15) is 12.4 Å². The summed E-state index contributed by atoms with van der Waals surface area (Å²) in [7, 11) is -3.99. The van der Waals surface area contributed by atoms with Crippen LogP contribution in [0.1, 0.15) is 18.1 Å². The van der Waals surface area contributed by atoms with Crippen molar-refractivity contribution in [1.82, 2.24) is 0 Å². The van der Waals surface area contributed by atoms with Crippen LogP contribution in [-0.2, 0) is 14.9 Å². The zero-order valence-corrected chi connectivity index (χ0v) is 14.5. The van der Waals surface area contributed by atoms with Crippen molar-refractivity contribution in [2.24, 2.45) is 0 Å². The van der Waals surface area contributed by atoms with Gasteiger partial charge in [-0.25, -0.2) is 0 Å². The zero-order valence-electron chi connectivity index (χ0n) is 13.7. The number of halogens is 1. The third-order valence-corrected chi connectivity index (χ3v) is 3.96. The van der Waals surface area contributed by atoms with Crippen LogP contribution in [0.4, 0.5) is 9.57 Å². The van der Waals surface area contributed by atoms with E-state index < -0.39 is 10.2 Å². The molecule has 2 aromatic carbocycles. The molecule has 0 radical (unpaired) electrons. The Morgan fingerprint density at radius 2 is 1.68 bits per heavy atom. The molecule has 1 saturated heterocycles. The molecule has 1 heterocycles. The summed E-state index contributed by atoms with van der Waals surface area (Å²) in [6, 6.07) is 14.6. The Morgan fingerprint density at radius 3 is 2.16 bits per heavy atom. The molecule has 4 nitrogen and oxygen atoms in total. The largest absolute Gasteiger partial charge is 0.484 e. The first-order valence-corrected chi connectivity index (χ1v) is 9.18. The number of allylic oxidation sites excluding steroid dienone is 1. The summed E-state index contributed by atoms with van der Waals surface area (Å²) in [6.07, 6.45) is 3.89. The maximum absolute atomic E-state index is 12.9. The third-order valence-electron chi connectivity index (χ3n) is 3.52. The van der Waals surface area contributed by atoms with Crippen molar-refractivity contribution in [2.75, 3.05) is 11.9 Å². The highest BCUT2D eigenvalue weighted by Crippen LogP contribution is 2.22. The number of hydrogen-bond donors (Lipinski definition) is 1. The number of rotatable bonds is 6. The van der Waals surface area contributed by atoms with E-state index in [1.165, 1.54) is 0 Å². The van der Waals surface area contributed by atoms with Crippen LogP contribution in [0.25, 0.3) is 12.2 Å². The van der Waals surface area contributed by atoms with Gasteiger partial charge >= 0.3 is 0 Å². The SMILES string of the molecule is C=S(=O)(F)Oc1ccc(/C=C/c2ccc(N/C(C)=C3\CO3)cc2)cc1. The van der Waals surface area contributed by atoms with Crippen LogP contribution in [0.15, 0.2) is 60.0 Å². The molecule has 0 spiro atoms. The van der Waals surface area contributed by atoms with Crippen molar-refractivity contribution in [2.45, 2.75) is 6.92 Å². The molecule has 1 fully saturated rings. The highest BCUT2D eigenvalue weighted by molar-refractivity contribution is 7.91. The Hall–Kier alpha value is -2.73. The molecule has 130 valence electrons. The van der Waals surface area contributed by atoms with Gasteiger partial charge in [0, 0.05) is 11.6 Å². The second-order valence-corrected chi connectivity index (χ2v) is 6.85. The molecular formula is C19H18FNO3S. The number of anilines is 1. The maximum atomic E-state index is 12.9. The van der Waals surface area contributed by atoms with Gasteiger partial charge in [0.25, 0.3) is 10.2 Å². The van der Waals surface area contributed by atoms with E-state index >= 15 is 0 Å². The fourth-order valence-electron chi connectivity index (χ4n) is 2.19. The lowest BCUT2D eigenvalue weighted by molar-refractivity contribution is 0.507. The first-order chi connectivity index (χ1) is 11.9. The Morgan fingerprint density at radius 1 is 1.16 bits per heavy atom. The van der Waals surface area contributed by atoms with E-state index in [-0.39, 0.29) is 5.75 Å². The van der Waals surface area contributed by atoms with E-state index in [9.17, 15) is 8.09 Å². The minimum atomic E-state index is -3.99. The van der Waals surface area contributed by atoms with Crippen molar-refractivity contribution in [3.8, 4) is 5.75 Å². The number of benzene rings is 2. The normalized spacial score (nSPS) is 17.5. The van der Waals surface area contributed by atoms with Gasteiger partial charge in [-0.15, -0.1) is 3.89 Å². The summed E-state index contributed by atoms with van der Waals surface area (Å²) < 4.78 is 33.5. The first kappa shape index (κ1) is 17.1. The van der Waals surface area contributed by atoms with Crippen LogP contribution in [0.2, 0.25) is 0 Å². The van der Waals surface area contributed by atoms with Gasteiger partial charge in [0.05, 0.1) is 5.70 Å². The molecule has 0 bridgehead atoms. The van der Waals surface area contributed by atoms with Gasteiger partial charge in [-0.3, -0.25) is 0 Å². The van der Waals surface area contributed by atoms with E-state index in [1.54, 1.807) is 24.3 Å². The van der Waals surface area contributed by atoms with Crippen molar-refractivity contribution in [1.29, 1.82) is 0 Å². The zero-order chi connectivity index (χ0) is 17.9. The molecule has 0 amide bonds. The summed E-state index contributed by atoms with van der Waals surface area (Å²) in [5.74, 6) is 3.99. The molecule has 1 unspecified atom stereocenters. The number of nitrogens with one attached hydrogen (secondary N) is 1. The molecule has 6 heteroatoms. The minimum absolute atomic E-state index is 0.180. The average Bonchev–Trinajstić information content (AvgIpc) is 3.39. The number of hydrogen-bond acceptors (Lipinski definition) is 4. The van der Waals surface area contributed by atoms with Crippen molar-refractivity contribution >= 4 is 33.9 Å². The van der Waals surface area contributed by atoms with E-state index in [1.807, 2.05) is 43.3 Å². The van der Waals surface area contributed by atoms with Crippen molar-refractivity contribution in [3.63, 3.8) is 0 Å². The van der Waals surface area contributed by atoms with Gasteiger partial charge in [0.15, 0.2) is 5.76 Å². The summed E-state index contributed by atoms with van der Waals surface area (Å²) in [5.41, 5.74) is 3.99. The van der Waals surface area contributed by atoms with E-state index in [0.29, 0.717) is 6.61 Å². The van der Waals surface area contributed by atoms with Gasteiger partial charge in [-0.1, -0.05) is 36.4 Å². The molecule has 1 atom stereocenters. The molecular weight excluding hydrogens is 341 g/mol. The molecule has 1 aliphatic heterocycles. The molecule has 1 aliphatic rings. The Labute approximate surface area is 147 Å². The van der Waals surface area contributed by atoms with E-state index in [2.05, 4.69) is 15.4 Å². The predicted molar refractivity (Wildman–Crippen MR) is 101 cm³/mol. The summed E-state index contributed by atoms with van der Waals surface area (Å²) in [4.78, 5) is 0. The lowest BCUT2D eigenvalue weighted by Crippen LogP contribution is -2.00. The Balaban J connectivity index is 1.62. The van der Waals surface area contributed by atoms with E-state index in [4.69, 9.17) is 4.74 Å². The van der Waals surface area contributed by atoms with Gasteiger partial charge in [-0.2, -0.15) is 4.21 Å². The van der Waals surface area contributed by atoms with Crippen LogP contribution in [0, 0.1) is 0 Å². The highest BCUT2D eigenvalue weighted by Gasteiger charge is 2.16. The predicted octanol–water partition coefficient (Wildman–Crippen LogP) is 4.43. The summed E-state index contributed by atoms with van der Waals surface area (Å²) >= 11 is 0. The molecule has 2 aromatic rings. The highest BCUT2D eigenvalue weighted by atomic mass is 32.3. The lowest BCUT2D eigenvalue weighted by atomic mass is 10.1. The van der Waals surface area contributed by atoms with Crippen molar-refractivity contribution in [3.05, 3.63) is 71.1 Å². The smallest absolute Gasteiger partial charge is 0.279 e. The van der Waals surface area contributed by atoms with Gasteiger partial charge in [-0.05, 0) is 42.3 Å². The molecule has 0 aromatic heterocycles. The molecule has 1 N–H and O–H groups in total. The standard InChI is InChI=1S/C19H18FNO3S/c1-14(19-13-23-19)21-17-9-5-15(6-10-17)3-4-16-7-11-18(12-8-16)24-25(2,20)22/h3-12,21H,2,13H2,1H3/b4-3+,19-14+. The minimum Gasteiger partial charge on any atom is -0.484 e. The summed E-state index contributed by atoms with van der Waals surface area (Å²) in [5, 5.41) is 3.29. The lowest BCUT2D eigenvalue weighted by Gasteiger charge is -2.05. The Kier molecular flexibility index (Phi) is 4.81. The Bertz CT molecular complexity index is 908. The topological polar surface area (TPSA) is 50.9 Å².